The van der Waals surface area contributed by atoms with Crippen LogP contribution < -0.4 is 9.64 Å². The molecule has 1 aliphatic carbocycles. The van der Waals surface area contributed by atoms with Gasteiger partial charge in [-0.1, -0.05) is 25.1 Å². The van der Waals surface area contributed by atoms with Crippen molar-refractivity contribution in [2.24, 2.45) is 17.3 Å². The molecule has 4 aliphatic rings. The van der Waals surface area contributed by atoms with E-state index in [0.29, 0.717) is 69.7 Å². The monoisotopic (exact) mass is 699 g/mol. The van der Waals surface area contributed by atoms with E-state index in [1.807, 2.05) is 21.9 Å². The summed E-state index contributed by atoms with van der Waals surface area (Å²) < 4.78 is 53.1. The fourth-order valence-electron chi connectivity index (χ4n) is 9.22. The Balaban J connectivity index is 1.31. The molecule has 0 radical (unpaired) electrons. The maximum absolute atomic E-state index is 15.1. The molecule has 6 rings (SSSR count). The van der Waals surface area contributed by atoms with Gasteiger partial charge in [-0.3, -0.25) is 14.5 Å². The number of amides is 1. The summed E-state index contributed by atoms with van der Waals surface area (Å²) in [7, 11) is 3.26. The van der Waals surface area contributed by atoms with Crippen molar-refractivity contribution in [1.82, 2.24) is 9.80 Å². The lowest BCUT2D eigenvalue weighted by Gasteiger charge is -2.37. The van der Waals surface area contributed by atoms with Gasteiger partial charge < -0.3 is 24.4 Å². The first kappa shape index (κ1) is 36.5. The number of likely N-dealkylation sites (tertiary alicyclic amines) is 2. The van der Waals surface area contributed by atoms with Gasteiger partial charge in [-0.05, 0) is 93.2 Å². The van der Waals surface area contributed by atoms with Gasteiger partial charge in [0.05, 0.1) is 36.7 Å². The molecular formula is C39H52F3N3O5. The summed E-state index contributed by atoms with van der Waals surface area (Å²) in [5.74, 6) is -0.0760. The summed E-state index contributed by atoms with van der Waals surface area (Å²) in [5.41, 5.74) is 0.904. The Morgan fingerprint density at radius 2 is 1.64 bits per heavy atom. The van der Waals surface area contributed by atoms with E-state index in [2.05, 4.69) is 30.9 Å². The first-order valence-electron chi connectivity index (χ1n) is 18.2. The highest BCUT2D eigenvalue weighted by atomic mass is 19.4. The number of hydrogen-bond acceptors (Lipinski definition) is 6. The third-order valence-corrected chi connectivity index (χ3v) is 12.2. The number of rotatable bonds is 9. The van der Waals surface area contributed by atoms with Crippen molar-refractivity contribution in [3.63, 3.8) is 0 Å². The summed E-state index contributed by atoms with van der Waals surface area (Å²) in [6.45, 7) is 7.27. The Kier molecular flexibility index (Phi) is 10.8. The second-order valence-electron chi connectivity index (χ2n) is 15.5. The van der Waals surface area contributed by atoms with E-state index in [-0.39, 0.29) is 23.8 Å². The summed E-state index contributed by atoms with van der Waals surface area (Å²) in [5, 5.41) is 9.54. The van der Waals surface area contributed by atoms with Crippen LogP contribution in [0.15, 0.2) is 42.5 Å². The number of carbonyl (C=O) groups excluding carboxylic acids is 1. The number of carboxylic acids is 1. The van der Waals surface area contributed by atoms with Crippen LogP contribution >= 0.6 is 0 Å². The molecule has 50 heavy (non-hydrogen) atoms. The van der Waals surface area contributed by atoms with E-state index in [0.717, 1.165) is 42.3 Å². The van der Waals surface area contributed by atoms with Crippen LogP contribution in [-0.2, 0) is 20.5 Å². The molecule has 4 fully saturated rings. The van der Waals surface area contributed by atoms with Crippen LogP contribution in [0.4, 0.5) is 18.9 Å². The molecule has 4 atom stereocenters. The number of carboxylic acid groups (broad SMARTS) is 1. The third kappa shape index (κ3) is 7.36. The van der Waals surface area contributed by atoms with E-state index >= 15 is 4.79 Å². The zero-order valence-electron chi connectivity index (χ0n) is 29.8. The average Bonchev–Trinajstić information content (AvgIpc) is 3.69. The fourth-order valence-corrected chi connectivity index (χ4v) is 9.22. The highest BCUT2D eigenvalue weighted by molar-refractivity contribution is 5.85. The van der Waals surface area contributed by atoms with Crippen LogP contribution in [0, 0.1) is 17.3 Å². The molecule has 0 bridgehead atoms. The van der Waals surface area contributed by atoms with Crippen LogP contribution in [0.2, 0.25) is 0 Å². The molecule has 0 aromatic heterocycles. The molecule has 3 aliphatic heterocycles. The Hall–Kier alpha value is -3.31. The van der Waals surface area contributed by atoms with Crippen molar-refractivity contribution < 1.29 is 37.3 Å². The summed E-state index contributed by atoms with van der Waals surface area (Å²) in [6, 6.07) is 12.2. The smallest absolute Gasteiger partial charge is 0.416 e. The number of anilines is 1. The van der Waals surface area contributed by atoms with Crippen molar-refractivity contribution in [1.29, 1.82) is 0 Å². The minimum atomic E-state index is -4.52. The normalized spacial score (nSPS) is 29.8. The fraction of sp³-hybridized carbons (Fsp3) is 0.641. The van der Waals surface area contributed by atoms with Crippen LogP contribution in [0.1, 0.15) is 87.3 Å². The Morgan fingerprint density at radius 1 is 0.960 bits per heavy atom. The minimum absolute atomic E-state index is 0.0420. The van der Waals surface area contributed by atoms with Crippen molar-refractivity contribution >= 4 is 17.6 Å². The number of ether oxygens (including phenoxy) is 2. The first-order valence-corrected chi connectivity index (χ1v) is 18.2. The van der Waals surface area contributed by atoms with Crippen LogP contribution in [0.3, 0.4) is 0 Å². The maximum atomic E-state index is 15.1. The predicted octanol–water partition coefficient (Wildman–Crippen LogP) is 7.03. The molecule has 1 amide bonds. The summed E-state index contributed by atoms with van der Waals surface area (Å²) in [6.07, 6.45) is 1.41. The number of methoxy groups -OCH3 is 2. The van der Waals surface area contributed by atoms with Gasteiger partial charge in [0.2, 0.25) is 5.91 Å². The maximum Gasteiger partial charge on any atom is 0.416 e. The lowest BCUT2D eigenvalue weighted by molar-refractivity contribution is -0.143. The van der Waals surface area contributed by atoms with Crippen molar-refractivity contribution in [3.8, 4) is 5.75 Å². The first-order chi connectivity index (χ1) is 23.8. The zero-order valence-corrected chi connectivity index (χ0v) is 29.8. The molecule has 2 aromatic carbocycles. The Bertz CT molecular complexity index is 1500. The molecule has 3 saturated heterocycles. The molecule has 1 N–H and O–H groups in total. The number of aliphatic carboxylic acids is 1. The van der Waals surface area contributed by atoms with E-state index < -0.39 is 29.0 Å². The van der Waals surface area contributed by atoms with E-state index in [4.69, 9.17) is 9.47 Å². The molecule has 274 valence electrons. The second kappa shape index (κ2) is 14.7. The quantitative estimate of drug-likeness (QED) is 0.301. The van der Waals surface area contributed by atoms with Gasteiger partial charge in [0.1, 0.15) is 5.75 Å². The number of hydrogen-bond donors (Lipinski definition) is 1. The number of carbonyl (C=O) groups is 2. The molecule has 11 heteroatoms. The van der Waals surface area contributed by atoms with Crippen molar-refractivity contribution in [2.45, 2.75) is 88.9 Å². The standard InChI is InChI=1S/C39H52F3N3O5/c1-25-5-10-30(11-6-25)44-22-34(26-7-12-32(50-4)13-8-26)38(2,24-44)37(48)45-21-28(19-31(45)23-49-3)33-14-9-29(39(40,41)42)20-35(33)43-17-15-27(16-18-43)36(46)47/h7-9,12-14,20,25,27-28,30-31,34H,5-6,10-11,15-19,21-24H2,1-4H3,(H,46,47)/t25-,28-,30-,31+,34+,38-/m0/s1. The Morgan fingerprint density at radius 3 is 2.24 bits per heavy atom. The van der Waals surface area contributed by atoms with Gasteiger partial charge in [-0.2, -0.15) is 13.2 Å². The molecule has 0 spiro atoms. The van der Waals surface area contributed by atoms with Gasteiger partial charge in [0.25, 0.3) is 0 Å². The SMILES string of the molecule is COC[C@H]1C[C@H](c2ccc(C(F)(F)F)cc2N2CCC(C(=O)O)CC2)CN1C(=O)[C@@]1(C)CN([C@H]2CC[C@H](C)CC2)C[C@@H]1c1ccc(OC)cc1. The molecule has 2 aromatic rings. The number of halogens is 3. The van der Waals surface area contributed by atoms with Gasteiger partial charge in [-0.25, -0.2) is 0 Å². The zero-order chi connectivity index (χ0) is 35.8. The van der Waals surface area contributed by atoms with Gasteiger partial charge in [0, 0.05) is 63.4 Å². The van der Waals surface area contributed by atoms with Crippen LogP contribution in [0.25, 0.3) is 0 Å². The lowest BCUT2D eigenvalue weighted by Crippen LogP contribution is -2.49. The number of alkyl halides is 3. The molecular weight excluding hydrogens is 647 g/mol. The van der Waals surface area contributed by atoms with Crippen molar-refractivity contribution in [2.75, 3.05) is 58.5 Å². The Labute approximate surface area is 293 Å². The number of piperidine rings is 1. The minimum Gasteiger partial charge on any atom is -0.497 e. The highest BCUT2D eigenvalue weighted by Gasteiger charge is 2.54. The van der Waals surface area contributed by atoms with Crippen molar-refractivity contribution in [3.05, 3.63) is 59.2 Å². The largest absolute Gasteiger partial charge is 0.497 e. The lowest BCUT2D eigenvalue weighted by atomic mass is 9.74. The van der Waals surface area contributed by atoms with Gasteiger partial charge in [0.15, 0.2) is 0 Å². The summed E-state index contributed by atoms with van der Waals surface area (Å²) in [4.78, 5) is 33.1. The third-order valence-electron chi connectivity index (χ3n) is 12.2. The van der Waals surface area contributed by atoms with Gasteiger partial charge in [-0.15, -0.1) is 0 Å². The molecule has 1 saturated carbocycles. The van der Waals surface area contributed by atoms with Crippen LogP contribution in [0.5, 0.6) is 5.75 Å². The van der Waals surface area contributed by atoms with Crippen LogP contribution in [-0.4, -0.2) is 92.4 Å². The average molecular weight is 700 g/mol. The topological polar surface area (TPSA) is 82.5 Å². The van der Waals surface area contributed by atoms with E-state index in [1.165, 1.54) is 18.9 Å². The number of benzene rings is 2. The van der Waals surface area contributed by atoms with E-state index in [9.17, 15) is 23.1 Å². The predicted molar refractivity (Wildman–Crippen MR) is 186 cm³/mol. The molecule has 0 unspecified atom stereocenters. The summed E-state index contributed by atoms with van der Waals surface area (Å²) >= 11 is 0. The number of nitrogens with zero attached hydrogens (tertiary/aromatic N) is 3. The molecule has 8 nitrogen and oxygen atoms in total. The molecule has 3 heterocycles. The highest BCUT2D eigenvalue weighted by Crippen LogP contribution is 2.49. The van der Waals surface area contributed by atoms with Gasteiger partial charge >= 0.3 is 12.1 Å². The van der Waals surface area contributed by atoms with E-state index in [1.54, 1.807) is 20.3 Å². The second-order valence-corrected chi connectivity index (χ2v) is 15.5.